The van der Waals surface area contributed by atoms with Gasteiger partial charge in [0.1, 0.15) is 16.2 Å². The highest BCUT2D eigenvalue weighted by Gasteiger charge is 2.27. The van der Waals surface area contributed by atoms with Gasteiger partial charge >= 0.3 is 5.91 Å². The average molecular weight is 459 g/mol. The number of amides is 1. The number of hydrogen-bond acceptors (Lipinski definition) is 6. The third-order valence-corrected chi connectivity index (χ3v) is 6.29. The summed E-state index contributed by atoms with van der Waals surface area (Å²) in [6.45, 7) is 9.57. The number of hydrogen-bond donors (Lipinski definition) is 1. The molecule has 172 valence electrons. The summed E-state index contributed by atoms with van der Waals surface area (Å²) in [6, 6.07) is 12.0. The summed E-state index contributed by atoms with van der Waals surface area (Å²) in [6.07, 6.45) is -0.235. The van der Waals surface area contributed by atoms with E-state index in [4.69, 9.17) is 9.15 Å². The van der Waals surface area contributed by atoms with Gasteiger partial charge in [-0.3, -0.25) is 4.79 Å². The van der Waals surface area contributed by atoms with Crippen molar-refractivity contribution in [1.29, 1.82) is 0 Å². The summed E-state index contributed by atoms with van der Waals surface area (Å²) in [5, 5.41) is 0.705. The van der Waals surface area contributed by atoms with E-state index in [-0.39, 0.29) is 27.9 Å². The summed E-state index contributed by atoms with van der Waals surface area (Å²) in [5.41, 5.74) is 1.92. The fraction of sp³-hybridized carbons (Fsp3) is 0.375. The molecule has 0 fully saturated rings. The van der Waals surface area contributed by atoms with Gasteiger partial charge in [-0.1, -0.05) is 26.8 Å². The Bertz CT molecular complexity index is 1250. The lowest BCUT2D eigenvalue weighted by molar-refractivity contribution is 0.0956. The first-order valence-corrected chi connectivity index (χ1v) is 11.9. The van der Waals surface area contributed by atoms with Gasteiger partial charge in [0.15, 0.2) is 5.76 Å². The Morgan fingerprint density at radius 3 is 2.34 bits per heavy atom. The molecule has 0 bridgehead atoms. The zero-order chi connectivity index (χ0) is 23.8. The molecule has 1 aromatic heterocycles. The number of nitrogens with one attached hydrogen (secondary N) is 1. The Morgan fingerprint density at radius 2 is 1.75 bits per heavy atom. The van der Waals surface area contributed by atoms with Crippen LogP contribution in [0.5, 0.6) is 5.75 Å². The summed E-state index contributed by atoms with van der Waals surface area (Å²) < 4.78 is 39.9. The van der Waals surface area contributed by atoms with Crippen LogP contribution in [0.3, 0.4) is 0 Å². The lowest BCUT2D eigenvalue weighted by Crippen LogP contribution is -2.31. The van der Waals surface area contributed by atoms with Crippen LogP contribution in [0.4, 0.5) is 5.69 Å². The van der Waals surface area contributed by atoms with Crippen molar-refractivity contribution in [2.24, 2.45) is 0 Å². The zero-order valence-corrected chi connectivity index (χ0v) is 20.3. The van der Waals surface area contributed by atoms with Crippen molar-refractivity contribution < 1.29 is 22.4 Å². The number of furan rings is 1. The first-order valence-electron chi connectivity index (χ1n) is 10.4. The second-order valence-electron chi connectivity index (χ2n) is 9.24. The molecule has 3 rings (SSSR count). The van der Waals surface area contributed by atoms with Crippen molar-refractivity contribution in [3.63, 3.8) is 0 Å². The number of fused-ring (bicyclic) bond motifs is 1. The molecule has 0 aliphatic rings. The molecule has 8 heteroatoms. The van der Waals surface area contributed by atoms with Crippen molar-refractivity contribution in [2.45, 2.75) is 51.0 Å². The predicted octanol–water partition coefficient (Wildman–Crippen LogP) is 4.70. The van der Waals surface area contributed by atoms with Crippen molar-refractivity contribution in [1.82, 2.24) is 4.72 Å². The molecule has 3 aromatic rings. The van der Waals surface area contributed by atoms with E-state index in [1.807, 2.05) is 71.8 Å². The molecule has 7 nitrogen and oxygen atoms in total. The molecular formula is C24H30N2O5S. The SMILES string of the molecule is CC(C)Oc1ccc(C(C)(C)C)cc1S(=O)(=O)NC(=O)c1cc2ccc(N(C)C)cc2o1. The molecule has 2 aromatic carbocycles. The Labute approximate surface area is 189 Å². The van der Waals surface area contributed by atoms with Crippen LogP contribution >= 0.6 is 0 Å². The minimum atomic E-state index is -4.22. The summed E-state index contributed by atoms with van der Waals surface area (Å²) in [7, 11) is -0.427. The van der Waals surface area contributed by atoms with Gasteiger partial charge in [-0.2, -0.15) is 0 Å². The van der Waals surface area contributed by atoms with Crippen molar-refractivity contribution in [3.8, 4) is 5.75 Å². The molecule has 0 atom stereocenters. The average Bonchev–Trinajstić information content (AvgIpc) is 3.10. The smallest absolute Gasteiger partial charge is 0.300 e. The van der Waals surface area contributed by atoms with Crippen LogP contribution < -0.4 is 14.4 Å². The minimum absolute atomic E-state index is 0.0852. The largest absolute Gasteiger partial charge is 0.490 e. The summed E-state index contributed by atoms with van der Waals surface area (Å²) >= 11 is 0. The lowest BCUT2D eigenvalue weighted by Gasteiger charge is -2.22. The fourth-order valence-corrected chi connectivity index (χ4v) is 4.29. The van der Waals surface area contributed by atoms with Gasteiger partial charge in [-0.15, -0.1) is 0 Å². The number of carbonyl (C=O) groups excluding carboxylic acids is 1. The maximum absolute atomic E-state index is 13.2. The van der Waals surface area contributed by atoms with E-state index >= 15 is 0 Å². The van der Waals surface area contributed by atoms with Gasteiger partial charge in [0.05, 0.1) is 6.10 Å². The standard InChI is InChI=1S/C24H30N2O5S/c1-15(2)30-19-11-9-17(24(3,4)5)13-22(19)32(28,29)25-23(27)21-12-16-8-10-18(26(6)7)14-20(16)31-21/h8-15H,1-7H3,(H,25,27). The molecule has 32 heavy (non-hydrogen) atoms. The molecule has 0 saturated heterocycles. The number of anilines is 1. The number of nitrogens with zero attached hydrogens (tertiary/aromatic N) is 1. The number of carbonyl (C=O) groups is 1. The van der Waals surface area contributed by atoms with Gasteiger partial charge in [0.25, 0.3) is 10.0 Å². The van der Waals surface area contributed by atoms with Crippen LogP contribution in [-0.2, 0) is 15.4 Å². The van der Waals surface area contributed by atoms with E-state index in [1.165, 1.54) is 6.07 Å². The minimum Gasteiger partial charge on any atom is -0.490 e. The van der Waals surface area contributed by atoms with Crippen LogP contribution in [0.2, 0.25) is 0 Å². The molecule has 0 spiro atoms. The molecule has 0 aliphatic heterocycles. The Morgan fingerprint density at radius 1 is 1.06 bits per heavy atom. The van der Waals surface area contributed by atoms with Gasteiger partial charge in [0, 0.05) is 31.2 Å². The second-order valence-corrected chi connectivity index (χ2v) is 10.9. The first kappa shape index (κ1) is 23.7. The summed E-state index contributed by atoms with van der Waals surface area (Å²) in [5.74, 6) is -0.740. The molecule has 0 saturated carbocycles. The number of benzene rings is 2. The van der Waals surface area contributed by atoms with Crippen LogP contribution in [0.15, 0.2) is 51.8 Å². The Kier molecular flexibility index (Phi) is 6.29. The highest BCUT2D eigenvalue weighted by atomic mass is 32.2. The monoisotopic (exact) mass is 458 g/mol. The number of sulfonamides is 1. The molecule has 0 unspecified atom stereocenters. The van der Waals surface area contributed by atoms with Gasteiger partial charge in [-0.05, 0) is 55.2 Å². The number of rotatable bonds is 6. The van der Waals surface area contributed by atoms with Gasteiger partial charge in [-0.25, -0.2) is 13.1 Å². The first-order chi connectivity index (χ1) is 14.8. The van der Waals surface area contributed by atoms with E-state index in [0.29, 0.717) is 11.0 Å². The molecule has 0 radical (unpaired) electrons. The van der Waals surface area contributed by atoms with Crippen LogP contribution in [0.1, 0.15) is 50.7 Å². The van der Waals surface area contributed by atoms with Crippen LogP contribution in [-0.4, -0.2) is 34.5 Å². The molecule has 0 aliphatic carbocycles. The quantitative estimate of drug-likeness (QED) is 0.576. The van der Waals surface area contributed by atoms with Crippen LogP contribution in [0.25, 0.3) is 11.0 Å². The molecule has 1 heterocycles. The van der Waals surface area contributed by atoms with Crippen molar-refractivity contribution >= 4 is 32.6 Å². The van der Waals surface area contributed by atoms with Crippen LogP contribution in [0, 0.1) is 0 Å². The highest BCUT2D eigenvalue weighted by Crippen LogP contribution is 2.32. The Balaban J connectivity index is 1.97. The van der Waals surface area contributed by atoms with E-state index in [0.717, 1.165) is 11.3 Å². The van der Waals surface area contributed by atoms with E-state index in [1.54, 1.807) is 18.2 Å². The Hall–Kier alpha value is -3.00. The normalized spacial score (nSPS) is 12.2. The number of ether oxygens (including phenoxy) is 1. The summed E-state index contributed by atoms with van der Waals surface area (Å²) in [4.78, 5) is 14.6. The third kappa shape index (κ3) is 5.07. The molecule has 1 amide bonds. The molecule has 1 N–H and O–H groups in total. The fourth-order valence-electron chi connectivity index (χ4n) is 3.17. The van der Waals surface area contributed by atoms with E-state index in [9.17, 15) is 13.2 Å². The van der Waals surface area contributed by atoms with Crippen molar-refractivity contribution in [2.75, 3.05) is 19.0 Å². The lowest BCUT2D eigenvalue weighted by atomic mass is 9.87. The van der Waals surface area contributed by atoms with Gasteiger partial charge < -0.3 is 14.1 Å². The highest BCUT2D eigenvalue weighted by molar-refractivity contribution is 7.90. The third-order valence-electron chi connectivity index (χ3n) is 4.93. The molecular weight excluding hydrogens is 428 g/mol. The topological polar surface area (TPSA) is 88.8 Å². The maximum Gasteiger partial charge on any atom is 0.300 e. The van der Waals surface area contributed by atoms with E-state index in [2.05, 4.69) is 4.72 Å². The second kappa shape index (κ2) is 8.50. The zero-order valence-electron chi connectivity index (χ0n) is 19.5. The predicted molar refractivity (Wildman–Crippen MR) is 126 cm³/mol. The van der Waals surface area contributed by atoms with E-state index < -0.39 is 15.9 Å². The van der Waals surface area contributed by atoms with Gasteiger partial charge in [0.2, 0.25) is 0 Å². The maximum atomic E-state index is 13.2. The van der Waals surface area contributed by atoms with Crippen molar-refractivity contribution in [3.05, 3.63) is 53.8 Å².